The van der Waals surface area contributed by atoms with E-state index >= 15 is 0 Å². The van der Waals surface area contributed by atoms with Crippen LogP contribution in [0.25, 0.3) is 0 Å². The maximum absolute atomic E-state index is 12.3. The molecule has 1 aromatic carbocycles. The number of nitrogens with zero attached hydrogens (tertiary/aromatic N) is 1. The number of pyridine rings is 1. The lowest BCUT2D eigenvalue weighted by Crippen LogP contribution is -2.50. The second-order valence-corrected chi connectivity index (χ2v) is 6.75. The van der Waals surface area contributed by atoms with Crippen LogP contribution in [0.15, 0.2) is 48.8 Å². The summed E-state index contributed by atoms with van der Waals surface area (Å²) >= 11 is 0. The van der Waals surface area contributed by atoms with Gasteiger partial charge in [0.1, 0.15) is 17.5 Å². The minimum atomic E-state index is -0.627. The molecule has 0 aliphatic heterocycles. The highest BCUT2D eigenvalue weighted by atomic mass is 16.5. The van der Waals surface area contributed by atoms with Gasteiger partial charge in [0.25, 0.3) is 5.91 Å². The van der Waals surface area contributed by atoms with E-state index in [1.165, 1.54) is 0 Å². The molecule has 0 aliphatic rings. The molecule has 2 rings (SSSR count). The first-order valence-corrected chi connectivity index (χ1v) is 8.05. The van der Waals surface area contributed by atoms with Crippen molar-refractivity contribution < 1.29 is 14.3 Å². The molecule has 1 atom stereocenters. The van der Waals surface area contributed by atoms with Gasteiger partial charge in [-0.1, -0.05) is 0 Å². The monoisotopic (exact) mass is 341 g/mol. The minimum absolute atomic E-state index is 0.225. The first-order valence-electron chi connectivity index (χ1n) is 8.05. The zero-order valence-electron chi connectivity index (χ0n) is 14.9. The molecule has 0 saturated heterocycles. The third kappa shape index (κ3) is 5.91. The van der Waals surface area contributed by atoms with Gasteiger partial charge in [0.05, 0.1) is 6.20 Å². The van der Waals surface area contributed by atoms with E-state index in [1.807, 2.05) is 20.8 Å². The fourth-order valence-electron chi connectivity index (χ4n) is 2.04. The number of hydrogen-bond acceptors (Lipinski definition) is 4. The summed E-state index contributed by atoms with van der Waals surface area (Å²) in [6, 6.07) is 9.64. The zero-order valence-corrected chi connectivity index (χ0v) is 14.9. The zero-order chi connectivity index (χ0) is 18.4. The summed E-state index contributed by atoms with van der Waals surface area (Å²) in [5.74, 6) is 0.678. The summed E-state index contributed by atoms with van der Waals surface area (Å²) in [4.78, 5) is 28.3. The molecule has 25 heavy (non-hydrogen) atoms. The van der Waals surface area contributed by atoms with Crippen molar-refractivity contribution in [1.82, 2.24) is 15.6 Å². The van der Waals surface area contributed by atoms with Gasteiger partial charge in [-0.2, -0.15) is 0 Å². The lowest BCUT2D eigenvalue weighted by Gasteiger charge is -2.23. The first-order chi connectivity index (χ1) is 11.7. The quantitative estimate of drug-likeness (QED) is 0.876. The van der Waals surface area contributed by atoms with Crippen LogP contribution in [0.2, 0.25) is 0 Å². The Morgan fingerprint density at radius 1 is 1.08 bits per heavy atom. The van der Waals surface area contributed by atoms with Gasteiger partial charge < -0.3 is 15.4 Å². The average molecular weight is 341 g/mol. The Morgan fingerprint density at radius 2 is 1.76 bits per heavy atom. The van der Waals surface area contributed by atoms with Crippen LogP contribution in [0.1, 0.15) is 38.1 Å². The molecule has 0 saturated carbocycles. The van der Waals surface area contributed by atoms with Crippen molar-refractivity contribution in [2.75, 3.05) is 0 Å². The molecule has 1 heterocycles. The van der Waals surface area contributed by atoms with Crippen molar-refractivity contribution in [3.8, 4) is 11.5 Å². The molecular formula is C19H23N3O3. The maximum atomic E-state index is 12.3. The molecule has 2 amide bonds. The Labute approximate surface area is 147 Å². The molecule has 2 aromatic rings. The lowest BCUT2D eigenvalue weighted by molar-refractivity contribution is -0.124. The van der Waals surface area contributed by atoms with Gasteiger partial charge in [0, 0.05) is 17.3 Å². The van der Waals surface area contributed by atoms with Crippen LogP contribution < -0.4 is 15.4 Å². The van der Waals surface area contributed by atoms with Crippen LogP contribution in [0.4, 0.5) is 0 Å². The molecule has 0 spiro atoms. The minimum Gasteiger partial charge on any atom is -0.456 e. The first kappa shape index (κ1) is 18.4. The summed E-state index contributed by atoms with van der Waals surface area (Å²) < 4.78 is 5.63. The molecule has 0 radical (unpaired) electrons. The Hall–Kier alpha value is -2.89. The predicted molar refractivity (Wildman–Crippen MR) is 95.6 cm³/mol. The number of ether oxygens (including phenoxy) is 1. The van der Waals surface area contributed by atoms with Crippen LogP contribution in [-0.2, 0) is 4.79 Å². The number of amides is 2. The Kier molecular flexibility index (Phi) is 5.75. The second-order valence-electron chi connectivity index (χ2n) is 6.75. The SMILES string of the molecule is C[C@H](NC(=O)c1ccc(Oc2cccnc2)cc1)C(=O)NC(C)(C)C. The summed E-state index contributed by atoms with van der Waals surface area (Å²) in [5, 5.41) is 5.52. The summed E-state index contributed by atoms with van der Waals surface area (Å²) in [6.45, 7) is 7.32. The Bertz CT molecular complexity index is 722. The molecule has 6 heteroatoms. The van der Waals surface area contributed by atoms with E-state index in [-0.39, 0.29) is 17.4 Å². The van der Waals surface area contributed by atoms with E-state index in [2.05, 4.69) is 15.6 Å². The van der Waals surface area contributed by atoms with Gasteiger partial charge >= 0.3 is 0 Å². The third-order valence-electron chi connectivity index (χ3n) is 3.23. The maximum Gasteiger partial charge on any atom is 0.251 e. The molecule has 2 N–H and O–H groups in total. The van der Waals surface area contributed by atoms with Crippen molar-refractivity contribution >= 4 is 11.8 Å². The number of hydrogen-bond donors (Lipinski definition) is 2. The van der Waals surface area contributed by atoms with Crippen molar-refractivity contribution in [2.45, 2.75) is 39.3 Å². The number of rotatable bonds is 5. The van der Waals surface area contributed by atoms with Gasteiger partial charge in [-0.3, -0.25) is 14.6 Å². The highest BCUT2D eigenvalue weighted by Gasteiger charge is 2.21. The third-order valence-corrected chi connectivity index (χ3v) is 3.23. The Balaban J connectivity index is 1.95. The Morgan fingerprint density at radius 3 is 2.32 bits per heavy atom. The average Bonchev–Trinajstić information content (AvgIpc) is 2.54. The van der Waals surface area contributed by atoms with Gasteiger partial charge in [-0.05, 0) is 64.1 Å². The lowest BCUT2D eigenvalue weighted by atomic mass is 10.1. The number of benzene rings is 1. The highest BCUT2D eigenvalue weighted by molar-refractivity contribution is 5.97. The fraction of sp³-hybridized carbons (Fsp3) is 0.316. The van der Waals surface area contributed by atoms with Crippen LogP contribution in [0, 0.1) is 0 Å². The van der Waals surface area contributed by atoms with Crippen molar-refractivity contribution in [3.05, 3.63) is 54.4 Å². The molecule has 0 unspecified atom stereocenters. The van der Waals surface area contributed by atoms with E-state index < -0.39 is 6.04 Å². The van der Waals surface area contributed by atoms with E-state index in [1.54, 1.807) is 55.7 Å². The van der Waals surface area contributed by atoms with Crippen molar-refractivity contribution in [1.29, 1.82) is 0 Å². The van der Waals surface area contributed by atoms with Crippen LogP contribution in [0.3, 0.4) is 0 Å². The molecule has 132 valence electrons. The largest absolute Gasteiger partial charge is 0.456 e. The number of aromatic nitrogens is 1. The highest BCUT2D eigenvalue weighted by Crippen LogP contribution is 2.20. The molecule has 0 bridgehead atoms. The standard InChI is InChI=1S/C19H23N3O3/c1-13(17(23)22-19(2,3)4)21-18(24)14-7-9-15(10-8-14)25-16-6-5-11-20-12-16/h5-13H,1-4H3,(H,21,24)(H,22,23)/t13-/m0/s1. The molecular weight excluding hydrogens is 318 g/mol. The van der Waals surface area contributed by atoms with Crippen LogP contribution in [0.5, 0.6) is 11.5 Å². The predicted octanol–water partition coefficient (Wildman–Crippen LogP) is 2.91. The van der Waals surface area contributed by atoms with E-state index in [0.29, 0.717) is 17.1 Å². The summed E-state index contributed by atoms with van der Waals surface area (Å²) in [6.07, 6.45) is 3.27. The van der Waals surface area contributed by atoms with Gasteiger partial charge in [-0.25, -0.2) is 0 Å². The second kappa shape index (κ2) is 7.79. The number of carbonyl (C=O) groups is 2. The smallest absolute Gasteiger partial charge is 0.251 e. The topological polar surface area (TPSA) is 80.3 Å². The normalized spacial score (nSPS) is 12.2. The van der Waals surface area contributed by atoms with Crippen molar-refractivity contribution in [2.24, 2.45) is 0 Å². The van der Waals surface area contributed by atoms with Crippen molar-refractivity contribution in [3.63, 3.8) is 0 Å². The van der Waals surface area contributed by atoms with Gasteiger partial charge in [0.2, 0.25) is 5.91 Å². The summed E-state index contributed by atoms with van der Waals surface area (Å²) in [7, 11) is 0. The molecule has 6 nitrogen and oxygen atoms in total. The van der Waals surface area contributed by atoms with E-state index in [0.717, 1.165) is 0 Å². The number of carbonyl (C=O) groups excluding carboxylic acids is 2. The van der Waals surface area contributed by atoms with Crippen LogP contribution >= 0.6 is 0 Å². The molecule has 0 fully saturated rings. The number of nitrogens with one attached hydrogen (secondary N) is 2. The van der Waals surface area contributed by atoms with Crippen LogP contribution in [-0.4, -0.2) is 28.4 Å². The van der Waals surface area contributed by atoms with E-state index in [9.17, 15) is 9.59 Å². The molecule has 0 aliphatic carbocycles. The molecule has 1 aromatic heterocycles. The summed E-state index contributed by atoms with van der Waals surface area (Å²) in [5.41, 5.74) is 0.107. The fourth-order valence-corrected chi connectivity index (χ4v) is 2.04. The van der Waals surface area contributed by atoms with Gasteiger partial charge in [0.15, 0.2) is 0 Å². The van der Waals surface area contributed by atoms with Gasteiger partial charge in [-0.15, -0.1) is 0 Å². The van der Waals surface area contributed by atoms with E-state index in [4.69, 9.17) is 4.74 Å².